The lowest BCUT2D eigenvalue weighted by Crippen LogP contribution is -2.44. The third-order valence-corrected chi connectivity index (χ3v) is 7.53. The summed E-state index contributed by atoms with van der Waals surface area (Å²) in [6.45, 7) is -1.07. The van der Waals surface area contributed by atoms with E-state index in [9.17, 15) is 27.6 Å². The van der Waals surface area contributed by atoms with Crippen molar-refractivity contribution >= 4 is 34.3 Å². The maximum absolute atomic E-state index is 13.4. The molecule has 5 rings (SSSR count). The minimum atomic E-state index is -4.61. The minimum Gasteiger partial charge on any atom is -0.343 e. The summed E-state index contributed by atoms with van der Waals surface area (Å²) < 4.78 is 41.6. The first-order chi connectivity index (χ1) is 18.0. The number of aromatic amines is 2. The number of hydrogen-bond donors (Lipinski definition) is 2. The van der Waals surface area contributed by atoms with Gasteiger partial charge in [0.25, 0.3) is 0 Å². The van der Waals surface area contributed by atoms with E-state index in [2.05, 4.69) is 15.2 Å². The molecule has 4 heterocycles. The van der Waals surface area contributed by atoms with Crippen molar-refractivity contribution in [1.82, 2.24) is 29.5 Å². The first-order valence-corrected chi connectivity index (χ1v) is 12.4. The molecule has 2 aliphatic rings. The smallest absolute Gasteiger partial charge is 0.343 e. The second-order valence-corrected chi connectivity index (χ2v) is 10.1. The van der Waals surface area contributed by atoms with E-state index >= 15 is 0 Å². The molecule has 1 saturated heterocycles. The fourth-order valence-electron chi connectivity index (χ4n) is 5.41. The topological polar surface area (TPSA) is 131 Å². The summed E-state index contributed by atoms with van der Waals surface area (Å²) in [5, 5.41) is 16.6. The number of imidazole rings is 1. The first kappa shape index (κ1) is 25.8. The van der Waals surface area contributed by atoms with Crippen LogP contribution in [0.4, 0.5) is 13.2 Å². The number of aromatic nitrogens is 4. The van der Waals surface area contributed by atoms with Crippen molar-refractivity contribution in [1.29, 1.82) is 5.26 Å². The number of nitriles is 1. The first-order valence-electron chi connectivity index (χ1n) is 12.0. The molecular formula is C24H23ClF3N7O3. The number of piperidine rings is 1. The average Bonchev–Trinajstić information content (AvgIpc) is 3.48. The van der Waals surface area contributed by atoms with E-state index < -0.39 is 30.2 Å². The monoisotopic (exact) mass is 549 g/mol. The summed E-state index contributed by atoms with van der Waals surface area (Å²) in [6, 6.07) is 3.31. The molecule has 10 nitrogen and oxygen atoms in total. The van der Waals surface area contributed by atoms with Gasteiger partial charge < -0.3 is 9.80 Å². The highest BCUT2D eigenvalue weighted by Crippen LogP contribution is 2.35. The largest absolute Gasteiger partial charge is 0.406 e. The van der Waals surface area contributed by atoms with Crippen molar-refractivity contribution in [3.63, 3.8) is 0 Å². The van der Waals surface area contributed by atoms with E-state index in [0.29, 0.717) is 53.0 Å². The summed E-state index contributed by atoms with van der Waals surface area (Å²) in [6.07, 6.45) is -0.943. The summed E-state index contributed by atoms with van der Waals surface area (Å²) in [7, 11) is 0. The van der Waals surface area contributed by atoms with Gasteiger partial charge in [0, 0.05) is 43.7 Å². The Labute approximate surface area is 219 Å². The molecule has 0 bridgehead atoms. The molecule has 1 fully saturated rings. The molecule has 0 spiro atoms. The van der Waals surface area contributed by atoms with Crippen LogP contribution in [-0.2, 0) is 22.6 Å². The number of nitrogens with zero attached hydrogens (tertiary/aromatic N) is 5. The SMILES string of the molecule is N#Cc1cn(C2CCN(C(=O)CC3Cc4cc(Cl)c5[nH]ncc5c4CN(CC(F)(F)F)C3=O)CC2)c(=O)[nH]1. The Kier molecular flexibility index (Phi) is 6.68. The molecule has 2 N–H and O–H groups in total. The molecule has 2 amide bonds. The Morgan fingerprint density at radius 1 is 1.26 bits per heavy atom. The van der Waals surface area contributed by atoms with Gasteiger partial charge in [0.1, 0.15) is 18.3 Å². The predicted molar refractivity (Wildman–Crippen MR) is 129 cm³/mol. The molecule has 38 heavy (non-hydrogen) atoms. The van der Waals surface area contributed by atoms with Crippen LogP contribution < -0.4 is 5.69 Å². The van der Waals surface area contributed by atoms with Gasteiger partial charge in [-0.3, -0.25) is 24.2 Å². The van der Waals surface area contributed by atoms with Crippen LogP contribution in [0.25, 0.3) is 10.9 Å². The number of H-pyrrole nitrogens is 2. The van der Waals surface area contributed by atoms with Gasteiger partial charge in [-0.15, -0.1) is 0 Å². The molecule has 1 aromatic carbocycles. The molecule has 2 aromatic heterocycles. The Bertz CT molecular complexity index is 1490. The lowest BCUT2D eigenvalue weighted by atomic mass is 9.92. The summed E-state index contributed by atoms with van der Waals surface area (Å²) in [4.78, 5) is 43.4. The normalized spacial score (nSPS) is 18.9. The predicted octanol–water partition coefficient (Wildman–Crippen LogP) is 2.89. The molecule has 1 unspecified atom stereocenters. The number of nitrogens with one attached hydrogen (secondary N) is 2. The van der Waals surface area contributed by atoms with Crippen molar-refractivity contribution in [3.05, 3.63) is 50.8 Å². The standard InChI is InChI=1S/C24H23ClF3N7O3/c25-19-6-13-5-14(22(37)34(12-24(26,27)28)11-18(13)17-9-30-32-21(17)19)7-20(36)33-3-1-16(2-4-33)35-10-15(8-29)31-23(35)38/h6,9-10,14,16H,1-5,7,11-12H2,(H,30,32)(H,31,38). The number of carbonyl (C=O) groups excluding carboxylic acids is 2. The third-order valence-electron chi connectivity index (χ3n) is 7.23. The number of hydrogen-bond acceptors (Lipinski definition) is 5. The number of benzene rings is 1. The van der Waals surface area contributed by atoms with E-state index in [1.165, 1.54) is 17.0 Å². The zero-order chi connectivity index (χ0) is 27.2. The van der Waals surface area contributed by atoms with Gasteiger partial charge in [-0.2, -0.15) is 23.5 Å². The minimum absolute atomic E-state index is 0.0707. The van der Waals surface area contributed by atoms with E-state index in [1.807, 2.05) is 6.07 Å². The maximum atomic E-state index is 13.4. The maximum Gasteiger partial charge on any atom is 0.406 e. The van der Waals surface area contributed by atoms with Crippen molar-refractivity contribution in [2.24, 2.45) is 5.92 Å². The highest BCUT2D eigenvalue weighted by atomic mass is 35.5. The second kappa shape index (κ2) is 9.83. The molecule has 0 radical (unpaired) electrons. The van der Waals surface area contributed by atoms with Crippen molar-refractivity contribution in [2.75, 3.05) is 19.6 Å². The molecule has 0 aliphatic carbocycles. The Hall–Kier alpha value is -3.79. The van der Waals surface area contributed by atoms with Gasteiger partial charge >= 0.3 is 11.9 Å². The molecule has 3 aromatic rings. The van der Waals surface area contributed by atoms with Crippen LogP contribution in [0.5, 0.6) is 0 Å². The van der Waals surface area contributed by atoms with Gasteiger partial charge in [-0.25, -0.2) is 4.79 Å². The van der Waals surface area contributed by atoms with Crippen LogP contribution >= 0.6 is 11.6 Å². The highest BCUT2D eigenvalue weighted by molar-refractivity contribution is 6.35. The van der Waals surface area contributed by atoms with Gasteiger partial charge in [0.15, 0.2) is 0 Å². The lowest BCUT2D eigenvalue weighted by Gasteiger charge is -2.33. The van der Waals surface area contributed by atoms with E-state index in [0.717, 1.165) is 4.90 Å². The number of halogens is 4. The second-order valence-electron chi connectivity index (χ2n) is 9.67. The Morgan fingerprint density at radius 2 is 2.00 bits per heavy atom. The fourth-order valence-corrected chi connectivity index (χ4v) is 5.69. The summed E-state index contributed by atoms with van der Waals surface area (Å²) >= 11 is 6.36. The number of carbonyl (C=O) groups is 2. The Morgan fingerprint density at radius 3 is 2.66 bits per heavy atom. The van der Waals surface area contributed by atoms with Gasteiger partial charge in [-0.1, -0.05) is 11.6 Å². The highest BCUT2D eigenvalue weighted by Gasteiger charge is 2.39. The van der Waals surface area contributed by atoms with Crippen molar-refractivity contribution < 1.29 is 22.8 Å². The number of amides is 2. The van der Waals surface area contributed by atoms with Crippen LogP contribution in [0.15, 0.2) is 23.3 Å². The molecule has 14 heteroatoms. The third kappa shape index (κ3) is 5.00. The summed E-state index contributed by atoms with van der Waals surface area (Å²) in [5.41, 5.74) is 1.37. The number of alkyl halides is 3. The quantitative estimate of drug-likeness (QED) is 0.517. The van der Waals surface area contributed by atoms with Crippen LogP contribution in [-0.4, -0.2) is 67.2 Å². The lowest BCUT2D eigenvalue weighted by molar-refractivity contribution is -0.165. The molecular weight excluding hydrogens is 527 g/mol. The molecule has 200 valence electrons. The van der Waals surface area contributed by atoms with Crippen LogP contribution in [0, 0.1) is 17.2 Å². The number of likely N-dealkylation sites (tertiary alicyclic amines) is 1. The number of fused-ring (bicyclic) bond motifs is 3. The van der Waals surface area contributed by atoms with Crippen molar-refractivity contribution in [3.8, 4) is 6.07 Å². The van der Waals surface area contributed by atoms with Gasteiger partial charge in [0.05, 0.1) is 22.7 Å². The molecule has 0 saturated carbocycles. The van der Waals surface area contributed by atoms with E-state index in [1.54, 1.807) is 11.0 Å². The van der Waals surface area contributed by atoms with Crippen LogP contribution in [0.3, 0.4) is 0 Å². The Balaban J connectivity index is 1.35. The zero-order valence-electron chi connectivity index (χ0n) is 20.0. The van der Waals surface area contributed by atoms with Gasteiger partial charge in [-0.05, 0) is 36.5 Å². The molecule has 1 atom stereocenters. The van der Waals surface area contributed by atoms with Crippen LogP contribution in [0.2, 0.25) is 5.02 Å². The molecule has 2 aliphatic heterocycles. The van der Waals surface area contributed by atoms with Crippen molar-refractivity contribution in [2.45, 2.75) is 44.4 Å². The number of rotatable bonds is 4. The summed E-state index contributed by atoms with van der Waals surface area (Å²) in [5.74, 6) is -2.07. The van der Waals surface area contributed by atoms with E-state index in [-0.39, 0.29) is 37.0 Å². The fraction of sp³-hybridized carbons (Fsp3) is 0.458. The van der Waals surface area contributed by atoms with Gasteiger partial charge in [0.2, 0.25) is 11.8 Å². The van der Waals surface area contributed by atoms with Crippen LogP contribution in [0.1, 0.15) is 42.1 Å². The zero-order valence-corrected chi connectivity index (χ0v) is 20.8. The van der Waals surface area contributed by atoms with E-state index in [4.69, 9.17) is 16.9 Å². The average molecular weight is 550 g/mol.